The van der Waals surface area contributed by atoms with E-state index in [0.29, 0.717) is 16.3 Å². The minimum atomic E-state index is -0.0170. The molecule has 0 heterocycles. The summed E-state index contributed by atoms with van der Waals surface area (Å²) < 4.78 is 5.11. The monoisotopic (exact) mass is 198 g/mol. The first kappa shape index (κ1) is 10.1. The average Bonchev–Trinajstić information content (AvgIpc) is 2.09. The van der Waals surface area contributed by atoms with Crippen molar-refractivity contribution < 1.29 is 9.53 Å². The molecule has 0 spiro atoms. The van der Waals surface area contributed by atoms with E-state index in [1.54, 1.807) is 12.1 Å². The number of ketones is 1. The van der Waals surface area contributed by atoms with Gasteiger partial charge in [0, 0.05) is 10.6 Å². The van der Waals surface area contributed by atoms with Gasteiger partial charge in [0.05, 0.1) is 12.7 Å². The molecule has 1 rings (SSSR count). The van der Waals surface area contributed by atoms with Crippen molar-refractivity contribution in [1.82, 2.24) is 0 Å². The zero-order valence-electron chi connectivity index (χ0n) is 7.85. The summed E-state index contributed by atoms with van der Waals surface area (Å²) in [5.41, 5.74) is 1.38. The Balaban J connectivity index is 3.38. The van der Waals surface area contributed by atoms with E-state index in [-0.39, 0.29) is 5.78 Å². The van der Waals surface area contributed by atoms with Crippen molar-refractivity contribution in [2.24, 2.45) is 0 Å². The van der Waals surface area contributed by atoms with Crippen LogP contribution in [0.4, 0.5) is 0 Å². The van der Waals surface area contributed by atoms with Crippen LogP contribution in [0, 0.1) is 6.92 Å². The van der Waals surface area contributed by atoms with Crippen LogP contribution in [-0.2, 0) is 0 Å². The number of ether oxygens (including phenoxy) is 1. The number of methoxy groups -OCH3 is 1. The fourth-order valence-corrected chi connectivity index (χ4v) is 1.36. The zero-order chi connectivity index (χ0) is 10.0. The van der Waals surface area contributed by atoms with Gasteiger partial charge in [0.25, 0.3) is 0 Å². The molecule has 0 fully saturated rings. The molecule has 0 atom stereocenters. The van der Waals surface area contributed by atoms with Gasteiger partial charge >= 0.3 is 0 Å². The van der Waals surface area contributed by atoms with E-state index in [2.05, 4.69) is 0 Å². The summed E-state index contributed by atoms with van der Waals surface area (Å²) in [5, 5.41) is 0.613. The number of hydrogen-bond donors (Lipinski definition) is 0. The highest BCUT2D eigenvalue weighted by molar-refractivity contribution is 6.31. The summed E-state index contributed by atoms with van der Waals surface area (Å²) in [6.07, 6.45) is 0. The van der Waals surface area contributed by atoms with Crippen LogP contribution in [0.25, 0.3) is 0 Å². The van der Waals surface area contributed by atoms with Crippen LogP contribution in [0.3, 0.4) is 0 Å². The minimum absolute atomic E-state index is 0.0170. The van der Waals surface area contributed by atoms with Gasteiger partial charge in [0.2, 0.25) is 0 Å². The highest BCUT2D eigenvalue weighted by atomic mass is 35.5. The molecule has 0 aliphatic carbocycles. The van der Waals surface area contributed by atoms with Crippen LogP contribution in [0.1, 0.15) is 22.8 Å². The Morgan fingerprint density at radius 1 is 1.46 bits per heavy atom. The second-order valence-corrected chi connectivity index (χ2v) is 3.22. The van der Waals surface area contributed by atoms with Gasteiger partial charge in [-0.3, -0.25) is 4.79 Å². The van der Waals surface area contributed by atoms with Gasteiger partial charge in [-0.2, -0.15) is 0 Å². The molecule has 0 amide bonds. The molecule has 13 heavy (non-hydrogen) atoms. The zero-order valence-corrected chi connectivity index (χ0v) is 8.61. The molecule has 0 unspecified atom stereocenters. The molecular formula is C10H11ClO2. The average molecular weight is 199 g/mol. The van der Waals surface area contributed by atoms with Crippen LogP contribution < -0.4 is 4.74 Å². The van der Waals surface area contributed by atoms with Crippen molar-refractivity contribution in [1.29, 1.82) is 0 Å². The molecule has 0 radical (unpaired) electrons. The normalized spacial score (nSPS) is 9.85. The minimum Gasteiger partial charge on any atom is -0.496 e. The Labute approximate surface area is 82.5 Å². The second kappa shape index (κ2) is 3.79. The van der Waals surface area contributed by atoms with Gasteiger partial charge in [-0.25, -0.2) is 0 Å². The number of Topliss-reactive ketones (excluding diaryl/α,β-unsaturated/α-hetero) is 1. The number of rotatable bonds is 2. The van der Waals surface area contributed by atoms with Crippen molar-refractivity contribution in [2.45, 2.75) is 13.8 Å². The maximum absolute atomic E-state index is 11.2. The van der Waals surface area contributed by atoms with Gasteiger partial charge in [-0.15, -0.1) is 0 Å². The Morgan fingerprint density at radius 3 is 2.54 bits per heavy atom. The van der Waals surface area contributed by atoms with Crippen molar-refractivity contribution >= 4 is 17.4 Å². The van der Waals surface area contributed by atoms with Crippen molar-refractivity contribution in [3.63, 3.8) is 0 Å². The number of carbonyl (C=O) groups is 1. The third-order valence-corrected chi connectivity index (χ3v) is 2.33. The smallest absolute Gasteiger partial charge is 0.163 e. The van der Waals surface area contributed by atoms with E-state index in [0.717, 1.165) is 5.56 Å². The van der Waals surface area contributed by atoms with E-state index in [9.17, 15) is 4.79 Å². The number of hydrogen-bond acceptors (Lipinski definition) is 2. The van der Waals surface area contributed by atoms with Crippen LogP contribution in [0.2, 0.25) is 5.02 Å². The fraction of sp³-hybridized carbons (Fsp3) is 0.300. The highest BCUT2D eigenvalue weighted by Crippen LogP contribution is 2.29. The second-order valence-electron chi connectivity index (χ2n) is 2.81. The Morgan fingerprint density at radius 2 is 2.08 bits per heavy atom. The van der Waals surface area contributed by atoms with Crippen LogP contribution in [0.15, 0.2) is 12.1 Å². The van der Waals surface area contributed by atoms with Crippen LogP contribution in [0.5, 0.6) is 5.75 Å². The molecule has 0 bridgehead atoms. The first-order chi connectivity index (χ1) is 6.07. The van der Waals surface area contributed by atoms with Crippen LogP contribution in [-0.4, -0.2) is 12.9 Å². The Bertz CT molecular complexity index is 345. The molecule has 0 saturated carbocycles. The molecule has 0 saturated heterocycles. The summed E-state index contributed by atoms with van der Waals surface area (Å²) in [4.78, 5) is 11.2. The van der Waals surface area contributed by atoms with E-state index in [4.69, 9.17) is 16.3 Å². The van der Waals surface area contributed by atoms with Gasteiger partial charge in [-0.05, 0) is 26.0 Å². The van der Waals surface area contributed by atoms with E-state index in [1.807, 2.05) is 6.92 Å². The predicted molar refractivity (Wildman–Crippen MR) is 52.7 cm³/mol. The molecule has 0 aliphatic heterocycles. The largest absolute Gasteiger partial charge is 0.496 e. The standard InChI is InChI=1S/C10H11ClO2/c1-6-9(11)5-4-8(7(2)12)10(6)13-3/h4-5H,1-3H3. The molecular weight excluding hydrogens is 188 g/mol. The first-order valence-electron chi connectivity index (χ1n) is 3.92. The summed E-state index contributed by atoms with van der Waals surface area (Å²) in [6, 6.07) is 3.38. The Kier molecular flexibility index (Phi) is 2.94. The van der Waals surface area contributed by atoms with E-state index >= 15 is 0 Å². The topological polar surface area (TPSA) is 26.3 Å². The summed E-state index contributed by atoms with van der Waals surface area (Å²) >= 11 is 5.88. The molecule has 70 valence electrons. The van der Waals surface area contributed by atoms with Gasteiger partial charge in [0.15, 0.2) is 5.78 Å². The lowest BCUT2D eigenvalue weighted by Gasteiger charge is -2.09. The Hall–Kier alpha value is -1.02. The van der Waals surface area contributed by atoms with Crippen molar-refractivity contribution in [3.05, 3.63) is 28.3 Å². The lowest BCUT2D eigenvalue weighted by Crippen LogP contribution is -1.99. The number of halogens is 1. The molecule has 1 aromatic carbocycles. The maximum atomic E-state index is 11.2. The quantitative estimate of drug-likeness (QED) is 0.684. The van der Waals surface area contributed by atoms with Crippen LogP contribution >= 0.6 is 11.6 Å². The maximum Gasteiger partial charge on any atom is 0.163 e. The summed E-state index contributed by atoms with van der Waals surface area (Å²) in [5.74, 6) is 0.552. The van der Waals surface area contributed by atoms with E-state index < -0.39 is 0 Å². The molecule has 3 heteroatoms. The molecule has 0 aromatic heterocycles. The predicted octanol–water partition coefficient (Wildman–Crippen LogP) is 2.86. The van der Waals surface area contributed by atoms with Crippen molar-refractivity contribution in [2.75, 3.05) is 7.11 Å². The molecule has 0 N–H and O–H groups in total. The van der Waals surface area contributed by atoms with Crippen molar-refractivity contribution in [3.8, 4) is 5.75 Å². The lowest BCUT2D eigenvalue weighted by atomic mass is 10.1. The number of benzene rings is 1. The first-order valence-corrected chi connectivity index (χ1v) is 4.29. The third kappa shape index (κ3) is 1.83. The summed E-state index contributed by atoms with van der Waals surface area (Å²) in [7, 11) is 1.53. The lowest BCUT2D eigenvalue weighted by molar-refractivity contribution is 0.101. The molecule has 2 nitrogen and oxygen atoms in total. The van der Waals surface area contributed by atoms with Gasteiger partial charge < -0.3 is 4.74 Å². The molecule has 0 aliphatic rings. The SMILES string of the molecule is COc1c(C(C)=O)ccc(Cl)c1C. The van der Waals surface area contributed by atoms with Gasteiger partial charge in [-0.1, -0.05) is 11.6 Å². The third-order valence-electron chi connectivity index (χ3n) is 1.92. The summed E-state index contributed by atoms with van der Waals surface area (Å²) in [6.45, 7) is 3.33. The van der Waals surface area contributed by atoms with E-state index in [1.165, 1.54) is 14.0 Å². The van der Waals surface area contributed by atoms with Gasteiger partial charge in [0.1, 0.15) is 5.75 Å². The number of carbonyl (C=O) groups excluding carboxylic acids is 1. The molecule has 1 aromatic rings. The highest BCUT2D eigenvalue weighted by Gasteiger charge is 2.12. The fourth-order valence-electron chi connectivity index (χ4n) is 1.21.